The van der Waals surface area contributed by atoms with Gasteiger partial charge in [0, 0.05) is 12.8 Å². The number of likely N-dealkylation sites (N-methyl/N-ethyl adjacent to an activating group) is 1. The molecule has 0 aliphatic carbocycles. The third kappa shape index (κ3) is 56.9. The van der Waals surface area contributed by atoms with Crippen molar-refractivity contribution >= 4 is 19.7 Å². The molecular weight excluding hydrogens is 976 g/mol. The number of carbonyl (C=O) groups excluding carboxylic acids is 2. The molecule has 0 fully saturated rings. The monoisotopic (exact) mass is 1090 g/mol. The maximum absolute atomic E-state index is 13.5. The molecule has 3 atom stereocenters. The van der Waals surface area contributed by atoms with Crippen LogP contribution in [-0.2, 0) is 27.9 Å². The fraction of sp³-hybridized carbons (Fsp3) is 0.672. The van der Waals surface area contributed by atoms with Gasteiger partial charge in [-0.25, -0.2) is 4.57 Å². The summed E-state index contributed by atoms with van der Waals surface area (Å²) in [5, 5.41) is 3.02. The van der Waals surface area contributed by atoms with Gasteiger partial charge in [0.05, 0.1) is 33.8 Å². The first-order chi connectivity index (χ1) is 37.4. The van der Waals surface area contributed by atoms with Crippen molar-refractivity contribution in [3.63, 3.8) is 0 Å². The van der Waals surface area contributed by atoms with Crippen LogP contribution >= 0.6 is 7.82 Å². The molecule has 0 radical (unpaired) electrons. The van der Waals surface area contributed by atoms with Crippen LogP contribution in [0.3, 0.4) is 0 Å². The highest BCUT2D eigenvalue weighted by atomic mass is 31.2. The number of rotatable bonds is 54. The van der Waals surface area contributed by atoms with Crippen LogP contribution in [0, 0.1) is 0 Å². The number of hydrogen-bond acceptors (Lipinski definition) is 6. The van der Waals surface area contributed by atoms with Crippen LogP contribution in [0.5, 0.6) is 0 Å². The lowest BCUT2D eigenvalue weighted by atomic mass is 10.0. The second kappa shape index (κ2) is 55.7. The van der Waals surface area contributed by atoms with Crippen molar-refractivity contribution < 1.29 is 37.3 Å². The maximum atomic E-state index is 13.5. The van der Waals surface area contributed by atoms with E-state index in [9.17, 15) is 19.0 Å². The molecule has 0 rings (SSSR count). The Bertz CT molecular complexity index is 1730. The predicted molar refractivity (Wildman–Crippen MR) is 332 cm³/mol. The molecule has 0 heterocycles. The fourth-order valence-electron chi connectivity index (χ4n) is 8.12. The van der Waals surface area contributed by atoms with E-state index in [1.807, 2.05) is 33.3 Å². The number of nitrogens with zero attached hydrogens (tertiary/aromatic N) is 1. The Morgan fingerprint density at radius 1 is 0.468 bits per heavy atom. The third-order valence-corrected chi connectivity index (χ3v) is 13.9. The largest absolute Gasteiger partial charge is 0.472 e. The molecule has 0 aromatic carbocycles. The van der Waals surface area contributed by atoms with E-state index in [1.54, 1.807) is 0 Å². The molecule has 0 saturated carbocycles. The van der Waals surface area contributed by atoms with Gasteiger partial charge in [0.25, 0.3) is 0 Å². The summed E-state index contributed by atoms with van der Waals surface area (Å²) in [6.07, 6.45) is 77.7. The highest BCUT2D eigenvalue weighted by molar-refractivity contribution is 7.47. The van der Waals surface area contributed by atoms with E-state index < -0.39 is 20.0 Å². The number of unbranched alkanes of at least 4 members (excludes halogenated alkanes) is 20. The minimum atomic E-state index is -4.48. The van der Waals surface area contributed by atoms with Crippen LogP contribution in [0.25, 0.3) is 0 Å². The van der Waals surface area contributed by atoms with E-state index in [4.69, 9.17) is 13.8 Å². The van der Waals surface area contributed by atoms with Gasteiger partial charge >= 0.3 is 13.8 Å². The van der Waals surface area contributed by atoms with Crippen LogP contribution in [0.15, 0.2) is 122 Å². The van der Waals surface area contributed by atoms with Crippen molar-refractivity contribution in [2.24, 2.45) is 0 Å². The van der Waals surface area contributed by atoms with Gasteiger partial charge in [-0.3, -0.25) is 18.6 Å². The van der Waals surface area contributed by atoms with Gasteiger partial charge in [-0.15, -0.1) is 0 Å². The minimum absolute atomic E-state index is 0.0212. The van der Waals surface area contributed by atoms with Crippen molar-refractivity contribution in [2.75, 3.05) is 40.9 Å². The van der Waals surface area contributed by atoms with Crippen molar-refractivity contribution in [1.82, 2.24) is 5.32 Å². The standard InChI is InChI=1S/C67H115N2O7P/c1-7-10-13-16-19-22-25-28-30-32-33-34-35-37-38-41-44-47-50-53-56-59-66(70)68-64(63-75-77(72,73)74-62-61-69(4,5)6)65(58-55-52-49-46-43-40-27-24-21-18-15-12-9-3)76-67(71)60-57-54-51-48-45-42-39-36-31-29-26-23-20-17-14-11-8-2/h10,13,19-20,22-23,28-31,33-34,37-39,42,44,47,55,58,64-65H,7-9,11-12,14-18,21,24-27,32,35-36,40-41,43,45-46,48-54,56-57,59-63H2,1-6H3,(H-,68,70,72,73)/p+1/b13-10-,22-19-,23-20-,30-28-,31-29-,34-33-,38-37-,42-39-,47-44-,58-55-. The quantitative estimate of drug-likeness (QED) is 0.0205. The Labute approximate surface area is 473 Å². The molecular formula is C67H116N2O7P+. The summed E-state index contributed by atoms with van der Waals surface area (Å²) in [7, 11) is 1.44. The van der Waals surface area contributed by atoms with Gasteiger partial charge in [0.1, 0.15) is 19.3 Å². The van der Waals surface area contributed by atoms with E-state index in [0.29, 0.717) is 23.9 Å². The Morgan fingerprint density at radius 3 is 1.29 bits per heavy atom. The molecule has 1 amide bonds. The molecule has 0 aromatic heterocycles. The molecule has 2 N–H and O–H groups in total. The smallest absolute Gasteiger partial charge is 0.456 e. The molecule has 0 spiro atoms. The van der Waals surface area contributed by atoms with E-state index >= 15 is 0 Å². The summed E-state index contributed by atoms with van der Waals surface area (Å²) in [5.74, 6) is -0.589. The fourth-order valence-corrected chi connectivity index (χ4v) is 8.86. The van der Waals surface area contributed by atoms with Crippen molar-refractivity contribution in [3.05, 3.63) is 122 Å². The van der Waals surface area contributed by atoms with E-state index in [0.717, 1.165) is 109 Å². The maximum Gasteiger partial charge on any atom is 0.472 e. The average Bonchev–Trinajstić information content (AvgIpc) is 3.39. The van der Waals surface area contributed by atoms with Gasteiger partial charge in [-0.2, -0.15) is 0 Å². The number of phosphoric acid groups is 1. The summed E-state index contributed by atoms with van der Waals surface area (Å²) in [4.78, 5) is 37.7. The molecule has 3 unspecified atom stereocenters. The van der Waals surface area contributed by atoms with Crippen LogP contribution < -0.4 is 5.32 Å². The molecule has 10 heteroatoms. The lowest BCUT2D eigenvalue weighted by Gasteiger charge is -2.27. The van der Waals surface area contributed by atoms with Gasteiger partial charge < -0.3 is 19.4 Å². The number of allylic oxidation sites excluding steroid dienone is 19. The molecule has 0 aliphatic heterocycles. The first-order valence-electron chi connectivity index (χ1n) is 30.9. The van der Waals surface area contributed by atoms with Crippen molar-refractivity contribution in [2.45, 2.75) is 251 Å². The van der Waals surface area contributed by atoms with E-state index in [1.165, 1.54) is 83.5 Å². The predicted octanol–water partition coefficient (Wildman–Crippen LogP) is 19.1. The molecule has 77 heavy (non-hydrogen) atoms. The Kier molecular flexibility index (Phi) is 53.1. The van der Waals surface area contributed by atoms with Crippen molar-refractivity contribution in [1.29, 1.82) is 0 Å². The minimum Gasteiger partial charge on any atom is -0.456 e. The Balaban J connectivity index is 5.44. The Hall–Kier alpha value is -3.59. The lowest BCUT2D eigenvalue weighted by molar-refractivity contribution is -0.870. The number of esters is 1. The van der Waals surface area contributed by atoms with Crippen LogP contribution in [0.2, 0.25) is 0 Å². The molecule has 9 nitrogen and oxygen atoms in total. The lowest BCUT2D eigenvalue weighted by Crippen LogP contribution is -2.47. The summed E-state index contributed by atoms with van der Waals surface area (Å²) in [6.45, 7) is 6.81. The number of quaternary nitrogens is 1. The zero-order chi connectivity index (χ0) is 56.4. The third-order valence-electron chi connectivity index (χ3n) is 12.9. The molecule has 440 valence electrons. The normalized spacial score (nSPS) is 14.5. The van der Waals surface area contributed by atoms with Crippen molar-refractivity contribution in [3.8, 4) is 0 Å². The topological polar surface area (TPSA) is 111 Å². The number of carbonyl (C=O) groups is 2. The molecule has 0 bridgehead atoms. The first kappa shape index (κ1) is 73.4. The zero-order valence-electron chi connectivity index (χ0n) is 50.2. The second-order valence-electron chi connectivity index (χ2n) is 21.5. The van der Waals surface area contributed by atoms with Gasteiger partial charge in [0.2, 0.25) is 5.91 Å². The SMILES string of the molecule is CC/C=C\C/C=C\C/C=C\C/C=C\C/C=C\C/C=C\CCCCC(=O)NC(COP(=O)(O)OCC[N+](C)(C)C)C(/C=C\CCCCCCCCCCCCC)OC(=O)CCCCCC/C=C\C/C=C\C/C=C\CCCCC. The number of phosphoric ester groups is 1. The van der Waals surface area contributed by atoms with Gasteiger partial charge in [-0.1, -0.05) is 226 Å². The van der Waals surface area contributed by atoms with Crippen LogP contribution in [0.4, 0.5) is 0 Å². The molecule has 0 aliphatic rings. The number of nitrogens with one attached hydrogen (secondary N) is 1. The highest BCUT2D eigenvalue weighted by Crippen LogP contribution is 2.43. The van der Waals surface area contributed by atoms with E-state index in [2.05, 4.69) is 135 Å². The number of hydrogen-bond donors (Lipinski definition) is 2. The van der Waals surface area contributed by atoms with E-state index in [-0.39, 0.29) is 37.9 Å². The number of ether oxygens (including phenoxy) is 1. The highest BCUT2D eigenvalue weighted by Gasteiger charge is 2.30. The summed E-state index contributed by atoms with van der Waals surface area (Å²) < 4.78 is 30.6. The molecule has 0 aromatic rings. The zero-order valence-corrected chi connectivity index (χ0v) is 51.1. The molecule has 0 saturated heterocycles. The van der Waals surface area contributed by atoms with Gasteiger partial charge in [-0.05, 0) is 122 Å². The summed E-state index contributed by atoms with van der Waals surface area (Å²) >= 11 is 0. The van der Waals surface area contributed by atoms with Crippen LogP contribution in [-0.4, -0.2) is 74.3 Å². The summed E-state index contributed by atoms with van der Waals surface area (Å²) in [5.41, 5.74) is 0. The Morgan fingerprint density at radius 2 is 0.831 bits per heavy atom. The second-order valence-corrected chi connectivity index (χ2v) is 22.9. The summed E-state index contributed by atoms with van der Waals surface area (Å²) in [6, 6.07) is -0.889. The first-order valence-corrected chi connectivity index (χ1v) is 32.4. The van der Waals surface area contributed by atoms with Crippen LogP contribution in [0.1, 0.15) is 239 Å². The number of amides is 1. The van der Waals surface area contributed by atoms with Gasteiger partial charge in [0.15, 0.2) is 0 Å². The average molecular weight is 1090 g/mol.